The van der Waals surface area contributed by atoms with Gasteiger partial charge < -0.3 is 5.32 Å². The van der Waals surface area contributed by atoms with E-state index in [1.54, 1.807) is 0 Å². The standard InChI is InChI=1S/C21H24Cl2N2O/c1-14-8-9-15(2)20(11-14)24-21(26)16-5-4-10-25(12-16)13-17-18(22)6-3-7-19(17)23/h3,6-9,11,16H,4-5,10,12-13H2,1-2H3,(H,24,26)/t16-/m1/s1. The first-order valence-corrected chi connectivity index (χ1v) is 9.73. The fourth-order valence-electron chi connectivity index (χ4n) is 3.43. The number of hydrogen-bond acceptors (Lipinski definition) is 2. The van der Waals surface area contributed by atoms with E-state index in [0.29, 0.717) is 16.6 Å². The second-order valence-corrected chi connectivity index (χ2v) is 7.90. The Labute approximate surface area is 165 Å². The number of rotatable bonds is 4. The van der Waals surface area contributed by atoms with Gasteiger partial charge >= 0.3 is 0 Å². The van der Waals surface area contributed by atoms with Crippen molar-refractivity contribution in [3.8, 4) is 0 Å². The molecule has 1 aliphatic rings. The number of nitrogens with one attached hydrogen (secondary N) is 1. The number of halogens is 2. The average Bonchev–Trinajstić information content (AvgIpc) is 2.62. The summed E-state index contributed by atoms with van der Waals surface area (Å²) in [6.07, 6.45) is 1.90. The monoisotopic (exact) mass is 390 g/mol. The van der Waals surface area contributed by atoms with E-state index in [2.05, 4.69) is 16.3 Å². The van der Waals surface area contributed by atoms with Crippen LogP contribution < -0.4 is 5.32 Å². The van der Waals surface area contributed by atoms with Gasteiger partial charge in [-0.15, -0.1) is 0 Å². The van der Waals surface area contributed by atoms with E-state index in [1.165, 1.54) is 0 Å². The first-order chi connectivity index (χ1) is 12.4. The highest BCUT2D eigenvalue weighted by Crippen LogP contribution is 2.28. The Bertz CT molecular complexity index is 786. The van der Waals surface area contributed by atoms with Crippen molar-refractivity contribution in [3.05, 3.63) is 63.1 Å². The number of hydrogen-bond donors (Lipinski definition) is 1. The van der Waals surface area contributed by atoms with Crippen molar-refractivity contribution < 1.29 is 4.79 Å². The van der Waals surface area contributed by atoms with Crippen LogP contribution in [0, 0.1) is 19.8 Å². The molecule has 1 atom stereocenters. The van der Waals surface area contributed by atoms with Crippen molar-refractivity contribution in [1.82, 2.24) is 4.90 Å². The summed E-state index contributed by atoms with van der Waals surface area (Å²) >= 11 is 12.6. The third kappa shape index (κ3) is 4.59. The lowest BCUT2D eigenvalue weighted by molar-refractivity contribution is -0.121. The van der Waals surface area contributed by atoms with E-state index in [9.17, 15) is 4.79 Å². The molecule has 26 heavy (non-hydrogen) atoms. The van der Waals surface area contributed by atoms with Crippen LogP contribution in [0.2, 0.25) is 10.0 Å². The van der Waals surface area contributed by atoms with Gasteiger partial charge in [0.25, 0.3) is 0 Å². The van der Waals surface area contributed by atoms with E-state index in [-0.39, 0.29) is 11.8 Å². The molecular formula is C21H24Cl2N2O. The average molecular weight is 391 g/mol. The summed E-state index contributed by atoms with van der Waals surface area (Å²) in [4.78, 5) is 15.0. The van der Waals surface area contributed by atoms with E-state index < -0.39 is 0 Å². The maximum atomic E-state index is 12.8. The first-order valence-electron chi connectivity index (χ1n) is 8.97. The number of carbonyl (C=O) groups excluding carboxylic acids is 1. The molecular weight excluding hydrogens is 367 g/mol. The minimum atomic E-state index is -0.0232. The Morgan fingerprint density at radius 1 is 1.19 bits per heavy atom. The summed E-state index contributed by atoms with van der Waals surface area (Å²) in [6.45, 7) is 6.39. The molecule has 0 saturated carbocycles. The van der Waals surface area contributed by atoms with Crippen molar-refractivity contribution in [2.45, 2.75) is 33.2 Å². The highest BCUT2D eigenvalue weighted by atomic mass is 35.5. The second kappa shape index (κ2) is 8.43. The summed E-state index contributed by atoms with van der Waals surface area (Å²) in [5.74, 6) is 0.0681. The maximum Gasteiger partial charge on any atom is 0.228 e. The van der Waals surface area contributed by atoms with Crippen molar-refractivity contribution in [1.29, 1.82) is 0 Å². The van der Waals surface area contributed by atoms with Crippen molar-refractivity contribution in [3.63, 3.8) is 0 Å². The number of carbonyl (C=O) groups is 1. The van der Waals surface area contributed by atoms with Gasteiger partial charge in [-0.3, -0.25) is 9.69 Å². The largest absolute Gasteiger partial charge is 0.326 e. The normalized spacial score (nSPS) is 17.9. The van der Waals surface area contributed by atoms with E-state index >= 15 is 0 Å². The summed E-state index contributed by atoms with van der Waals surface area (Å²) in [6, 6.07) is 11.7. The Hall–Kier alpha value is -1.55. The molecule has 3 rings (SSSR count). The van der Waals surface area contributed by atoms with Crippen LogP contribution in [0.3, 0.4) is 0 Å². The fourth-order valence-corrected chi connectivity index (χ4v) is 3.94. The third-order valence-corrected chi connectivity index (χ3v) is 5.68. The second-order valence-electron chi connectivity index (χ2n) is 7.08. The lowest BCUT2D eigenvalue weighted by Crippen LogP contribution is -2.40. The SMILES string of the molecule is Cc1ccc(C)c(NC(=O)[C@@H]2CCCN(Cc3c(Cl)cccc3Cl)C2)c1. The molecule has 5 heteroatoms. The van der Waals surface area contributed by atoms with E-state index in [0.717, 1.165) is 48.3 Å². The summed E-state index contributed by atoms with van der Waals surface area (Å²) in [5.41, 5.74) is 4.07. The van der Waals surface area contributed by atoms with Crippen LogP contribution in [0.25, 0.3) is 0 Å². The minimum absolute atomic E-state index is 0.0232. The van der Waals surface area contributed by atoms with Crippen molar-refractivity contribution >= 4 is 34.8 Å². The smallest absolute Gasteiger partial charge is 0.228 e. The molecule has 2 aromatic carbocycles. The lowest BCUT2D eigenvalue weighted by atomic mass is 9.96. The van der Waals surface area contributed by atoms with Crippen LogP contribution in [-0.2, 0) is 11.3 Å². The van der Waals surface area contributed by atoms with Crippen LogP contribution in [0.1, 0.15) is 29.5 Å². The zero-order valence-electron chi connectivity index (χ0n) is 15.2. The van der Waals surface area contributed by atoms with Gasteiger partial charge in [-0.2, -0.15) is 0 Å². The van der Waals surface area contributed by atoms with Gasteiger partial charge in [-0.05, 0) is 62.6 Å². The molecule has 0 aliphatic carbocycles. The zero-order chi connectivity index (χ0) is 18.7. The molecule has 0 unspecified atom stereocenters. The molecule has 138 valence electrons. The molecule has 0 bridgehead atoms. The van der Waals surface area contributed by atoms with Gasteiger partial charge in [0.15, 0.2) is 0 Å². The molecule has 1 saturated heterocycles. The van der Waals surface area contributed by atoms with Gasteiger partial charge in [-0.1, -0.05) is 41.4 Å². The summed E-state index contributed by atoms with van der Waals surface area (Å²) < 4.78 is 0. The van der Waals surface area contributed by atoms with Crippen molar-refractivity contribution in [2.75, 3.05) is 18.4 Å². The van der Waals surface area contributed by atoms with Crippen LogP contribution in [0.15, 0.2) is 36.4 Å². The van der Waals surface area contributed by atoms with Crippen LogP contribution >= 0.6 is 23.2 Å². The molecule has 0 aromatic heterocycles. The lowest BCUT2D eigenvalue weighted by Gasteiger charge is -2.32. The van der Waals surface area contributed by atoms with Crippen LogP contribution in [0.5, 0.6) is 0 Å². The first kappa shape index (κ1) is 19.2. The van der Waals surface area contributed by atoms with Crippen molar-refractivity contribution in [2.24, 2.45) is 5.92 Å². The highest BCUT2D eigenvalue weighted by molar-refractivity contribution is 6.35. The van der Waals surface area contributed by atoms with Gasteiger partial charge in [0.1, 0.15) is 0 Å². The number of benzene rings is 2. The molecule has 1 N–H and O–H groups in total. The number of aryl methyl sites for hydroxylation is 2. The topological polar surface area (TPSA) is 32.3 Å². The molecule has 2 aromatic rings. The molecule has 1 heterocycles. The molecule has 1 amide bonds. The van der Waals surface area contributed by atoms with Gasteiger partial charge in [0.05, 0.1) is 5.92 Å². The molecule has 3 nitrogen and oxygen atoms in total. The van der Waals surface area contributed by atoms with E-state index in [4.69, 9.17) is 23.2 Å². The van der Waals surface area contributed by atoms with Crippen LogP contribution in [-0.4, -0.2) is 23.9 Å². The Morgan fingerprint density at radius 2 is 1.92 bits per heavy atom. The molecule has 0 spiro atoms. The number of nitrogens with zero attached hydrogens (tertiary/aromatic N) is 1. The van der Waals surface area contributed by atoms with Gasteiger partial charge in [0.2, 0.25) is 5.91 Å². The van der Waals surface area contributed by atoms with Gasteiger partial charge in [0, 0.05) is 34.4 Å². The summed E-state index contributed by atoms with van der Waals surface area (Å²) in [5, 5.41) is 4.47. The number of piperidine rings is 1. The predicted molar refractivity (Wildman–Crippen MR) is 109 cm³/mol. The zero-order valence-corrected chi connectivity index (χ0v) is 16.7. The maximum absolute atomic E-state index is 12.8. The molecule has 0 radical (unpaired) electrons. The van der Waals surface area contributed by atoms with Crippen LogP contribution in [0.4, 0.5) is 5.69 Å². The van der Waals surface area contributed by atoms with Gasteiger partial charge in [-0.25, -0.2) is 0 Å². The number of anilines is 1. The highest BCUT2D eigenvalue weighted by Gasteiger charge is 2.27. The fraction of sp³-hybridized carbons (Fsp3) is 0.381. The molecule has 1 fully saturated rings. The number of likely N-dealkylation sites (tertiary alicyclic amines) is 1. The van der Waals surface area contributed by atoms with E-state index in [1.807, 2.05) is 44.2 Å². The summed E-state index contributed by atoms with van der Waals surface area (Å²) in [7, 11) is 0. The third-order valence-electron chi connectivity index (χ3n) is 4.97. The quantitative estimate of drug-likeness (QED) is 0.751. The minimum Gasteiger partial charge on any atom is -0.326 e. The molecule has 1 aliphatic heterocycles. The number of amides is 1. The Balaban J connectivity index is 1.66. The predicted octanol–water partition coefficient (Wildman–Crippen LogP) is 5.46. The Kier molecular flexibility index (Phi) is 6.23. The Morgan fingerprint density at radius 3 is 2.65 bits per heavy atom.